The van der Waals surface area contributed by atoms with Crippen molar-refractivity contribution in [3.63, 3.8) is 0 Å². The number of hydrogen-bond donors (Lipinski definition) is 2. The van der Waals surface area contributed by atoms with Crippen LogP contribution in [0.15, 0.2) is 48.8 Å². The first-order chi connectivity index (χ1) is 18.0. The third kappa shape index (κ3) is 4.09. The SMILES string of the molecule is N#Cc1nc2cc(F)cc(C(=O)NC3CCN(n4c(-c5cccnc5N)nc5cccnc54)CC3)c2s1. The van der Waals surface area contributed by atoms with Crippen LogP contribution >= 0.6 is 11.3 Å². The number of thiazole rings is 1. The number of nitrogens with two attached hydrogens (primary N) is 1. The molecule has 12 heteroatoms. The Morgan fingerprint density at radius 3 is 2.70 bits per heavy atom. The molecule has 1 aliphatic heterocycles. The zero-order chi connectivity index (χ0) is 25.5. The maximum absolute atomic E-state index is 14.2. The summed E-state index contributed by atoms with van der Waals surface area (Å²) in [5.74, 6) is 0.0891. The molecule has 1 aliphatic rings. The van der Waals surface area contributed by atoms with Crippen LogP contribution in [-0.2, 0) is 0 Å². The van der Waals surface area contributed by atoms with Gasteiger partial charge in [0.25, 0.3) is 5.91 Å². The van der Waals surface area contributed by atoms with Crippen molar-refractivity contribution in [1.29, 1.82) is 5.26 Å². The fourth-order valence-corrected chi connectivity index (χ4v) is 5.49. The van der Waals surface area contributed by atoms with Gasteiger partial charge in [-0.25, -0.2) is 29.0 Å². The van der Waals surface area contributed by atoms with Crippen LogP contribution in [0.2, 0.25) is 0 Å². The van der Waals surface area contributed by atoms with Gasteiger partial charge in [-0.3, -0.25) is 4.79 Å². The number of aromatic nitrogens is 5. The van der Waals surface area contributed by atoms with Gasteiger partial charge in [0.05, 0.1) is 21.3 Å². The van der Waals surface area contributed by atoms with E-state index in [0.717, 1.165) is 16.9 Å². The summed E-state index contributed by atoms with van der Waals surface area (Å²) in [7, 11) is 0. The van der Waals surface area contributed by atoms with Crippen LogP contribution in [0.5, 0.6) is 0 Å². The number of nitrogen functional groups attached to an aromatic ring is 1. The molecule has 0 radical (unpaired) electrons. The van der Waals surface area contributed by atoms with Crippen molar-refractivity contribution in [3.8, 4) is 17.5 Å². The number of anilines is 1. The van der Waals surface area contributed by atoms with Gasteiger partial charge < -0.3 is 16.1 Å². The second-order valence-corrected chi connectivity index (χ2v) is 9.66. The van der Waals surface area contributed by atoms with Crippen LogP contribution in [0.1, 0.15) is 28.2 Å². The first kappa shape index (κ1) is 22.8. The molecule has 1 aromatic carbocycles. The van der Waals surface area contributed by atoms with Crippen LogP contribution in [-0.4, -0.2) is 49.7 Å². The maximum atomic E-state index is 14.2. The molecule has 0 atom stereocenters. The molecule has 1 amide bonds. The summed E-state index contributed by atoms with van der Waals surface area (Å²) in [5.41, 5.74) is 8.84. The van der Waals surface area contributed by atoms with Crippen molar-refractivity contribution in [2.75, 3.05) is 23.8 Å². The summed E-state index contributed by atoms with van der Waals surface area (Å²) < 4.78 is 16.6. The molecular weight excluding hydrogens is 493 g/mol. The smallest absolute Gasteiger partial charge is 0.253 e. The monoisotopic (exact) mass is 513 g/mol. The van der Waals surface area contributed by atoms with Gasteiger partial charge in [-0.1, -0.05) is 0 Å². The van der Waals surface area contributed by atoms with Gasteiger partial charge >= 0.3 is 0 Å². The second kappa shape index (κ2) is 9.11. The molecule has 0 spiro atoms. The number of amides is 1. The number of rotatable bonds is 4. The van der Waals surface area contributed by atoms with E-state index in [1.165, 1.54) is 12.1 Å². The predicted octanol–water partition coefficient (Wildman–Crippen LogP) is 3.23. The lowest BCUT2D eigenvalue weighted by atomic mass is 10.1. The average Bonchev–Trinajstić information content (AvgIpc) is 3.50. The molecule has 1 saturated heterocycles. The van der Waals surface area contributed by atoms with E-state index in [1.807, 2.05) is 35.0 Å². The normalized spacial score (nSPS) is 14.2. The Labute approximate surface area is 214 Å². The minimum Gasteiger partial charge on any atom is -0.383 e. The number of carbonyl (C=O) groups is 1. The van der Waals surface area contributed by atoms with Crippen molar-refractivity contribution < 1.29 is 9.18 Å². The van der Waals surface area contributed by atoms with Gasteiger partial charge in [0.15, 0.2) is 16.5 Å². The summed E-state index contributed by atoms with van der Waals surface area (Å²) in [6.45, 7) is 1.25. The summed E-state index contributed by atoms with van der Waals surface area (Å²) in [6.07, 6.45) is 4.67. The Hall–Kier alpha value is -4.63. The summed E-state index contributed by atoms with van der Waals surface area (Å²) in [6, 6.07) is 11.7. The zero-order valence-corrected chi connectivity index (χ0v) is 20.2. The standard InChI is InChI=1S/C25H20FN9OS/c26-14-11-17(21-19(12-14)32-20(13-27)37-21)25(36)31-15-5-9-34(10-6-15)35-23(16-3-1-7-29-22(16)28)33-18-4-2-8-30-24(18)35/h1-4,7-8,11-12,15H,5-6,9-10H2,(H2,28,29)(H,31,36). The molecule has 0 unspecified atom stereocenters. The number of pyridine rings is 2. The van der Waals surface area contributed by atoms with E-state index >= 15 is 0 Å². The lowest BCUT2D eigenvalue weighted by Crippen LogP contribution is -2.48. The van der Waals surface area contributed by atoms with Crippen molar-refractivity contribution in [1.82, 2.24) is 29.9 Å². The minimum atomic E-state index is -0.566. The molecule has 5 aromatic rings. The number of piperidine rings is 1. The number of nitriles is 1. The highest BCUT2D eigenvalue weighted by atomic mass is 32.1. The van der Waals surface area contributed by atoms with Gasteiger partial charge in [0.2, 0.25) is 0 Å². The third-order valence-corrected chi connectivity index (χ3v) is 7.37. The Kier molecular flexibility index (Phi) is 5.61. The van der Waals surface area contributed by atoms with Crippen LogP contribution < -0.4 is 16.1 Å². The summed E-state index contributed by atoms with van der Waals surface area (Å²) in [4.78, 5) is 30.7. The number of benzene rings is 1. The number of imidazole rings is 1. The molecule has 37 heavy (non-hydrogen) atoms. The molecule has 3 N–H and O–H groups in total. The number of nitrogens with one attached hydrogen (secondary N) is 1. The quantitative estimate of drug-likeness (QED) is 0.374. The minimum absolute atomic E-state index is 0.111. The first-order valence-corrected chi connectivity index (χ1v) is 12.4. The molecule has 5 heterocycles. The average molecular weight is 514 g/mol. The first-order valence-electron chi connectivity index (χ1n) is 11.6. The largest absolute Gasteiger partial charge is 0.383 e. The van der Waals surface area contributed by atoms with Crippen LogP contribution in [0.3, 0.4) is 0 Å². The molecule has 184 valence electrons. The molecule has 4 aromatic heterocycles. The van der Waals surface area contributed by atoms with Gasteiger partial charge in [0, 0.05) is 37.6 Å². The Balaban J connectivity index is 1.24. The Bertz CT molecular complexity index is 1700. The van der Waals surface area contributed by atoms with Crippen LogP contribution in [0, 0.1) is 17.1 Å². The van der Waals surface area contributed by atoms with Crippen molar-refractivity contribution in [2.24, 2.45) is 0 Å². The summed E-state index contributed by atoms with van der Waals surface area (Å²) >= 11 is 1.08. The molecule has 1 fully saturated rings. The number of hydrogen-bond acceptors (Lipinski definition) is 9. The highest BCUT2D eigenvalue weighted by molar-refractivity contribution is 7.19. The van der Waals surface area contributed by atoms with Gasteiger partial charge in [-0.05, 0) is 43.2 Å². The van der Waals surface area contributed by atoms with E-state index in [-0.39, 0.29) is 22.5 Å². The summed E-state index contributed by atoms with van der Waals surface area (Å²) in [5, 5.41) is 14.5. The topological polar surface area (TPSA) is 139 Å². The zero-order valence-electron chi connectivity index (χ0n) is 19.4. The number of halogens is 1. The molecule has 0 saturated carbocycles. The molecule has 0 aliphatic carbocycles. The van der Waals surface area contributed by atoms with Gasteiger partial charge in [-0.2, -0.15) is 5.26 Å². The molecule has 0 bridgehead atoms. The van der Waals surface area contributed by atoms with E-state index in [4.69, 9.17) is 16.0 Å². The predicted molar refractivity (Wildman–Crippen MR) is 138 cm³/mol. The number of carbonyl (C=O) groups excluding carboxylic acids is 1. The van der Waals surface area contributed by atoms with E-state index in [2.05, 4.69) is 25.3 Å². The lowest BCUT2D eigenvalue weighted by Gasteiger charge is -2.35. The molecule has 6 rings (SSSR count). The van der Waals surface area contributed by atoms with Crippen LogP contribution in [0.25, 0.3) is 32.8 Å². The molecule has 10 nitrogen and oxygen atoms in total. The van der Waals surface area contributed by atoms with E-state index < -0.39 is 5.82 Å². The van der Waals surface area contributed by atoms with Gasteiger partial charge in [-0.15, -0.1) is 11.3 Å². The lowest BCUT2D eigenvalue weighted by molar-refractivity contribution is 0.0931. The van der Waals surface area contributed by atoms with Crippen molar-refractivity contribution in [3.05, 3.63) is 65.2 Å². The Morgan fingerprint density at radius 1 is 1.14 bits per heavy atom. The van der Waals surface area contributed by atoms with Crippen LogP contribution in [0.4, 0.5) is 10.2 Å². The second-order valence-electron chi connectivity index (χ2n) is 8.66. The Morgan fingerprint density at radius 2 is 1.92 bits per heavy atom. The highest BCUT2D eigenvalue weighted by Gasteiger charge is 2.27. The van der Waals surface area contributed by atoms with Gasteiger partial charge in [0.1, 0.15) is 23.2 Å². The fraction of sp³-hybridized carbons (Fsp3) is 0.200. The van der Waals surface area contributed by atoms with E-state index in [0.29, 0.717) is 59.0 Å². The van der Waals surface area contributed by atoms with Crippen molar-refractivity contribution in [2.45, 2.75) is 18.9 Å². The third-order valence-electron chi connectivity index (χ3n) is 6.36. The molecular formula is C25H20FN9OS. The van der Waals surface area contributed by atoms with E-state index in [9.17, 15) is 9.18 Å². The number of fused-ring (bicyclic) bond motifs is 2. The fourth-order valence-electron chi connectivity index (χ4n) is 4.64. The van der Waals surface area contributed by atoms with Crippen molar-refractivity contribution >= 4 is 44.4 Å². The maximum Gasteiger partial charge on any atom is 0.253 e. The highest BCUT2D eigenvalue weighted by Crippen LogP contribution is 2.29. The van der Waals surface area contributed by atoms with E-state index in [1.54, 1.807) is 12.4 Å². The number of nitrogens with zero attached hydrogens (tertiary/aromatic N) is 7.